The molecule has 0 fully saturated rings. The molecule has 2 aromatic rings. The first-order valence-corrected chi connectivity index (χ1v) is 6.23. The smallest absolute Gasteiger partial charge is 0.142 e. The Morgan fingerprint density at radius 2 is 2.27 bits per heavy atom. The summed E-state index contributed by atoms with van der Waals surface area (Å²) in [5, 5.41) is 3.07. The molecule has 0 aliphatic rings. The SMILES string of the molecule is ClCCCc1csc(-c2ccccn2)n1. The van der Waals surface area contributed by atoms with Crippen LogP contribution in [0, 0.1) is 0 Å². The first kappa shape index (κ1) is 10.6. The third-order valence-electron chi connectivity index (χ3n) is 2.00. The lowest BCUT2D eigenvalue weighted by Crippen LogP contribution is -1.87. The molecule has 0 amide bonds. The molecule has 0 aliphatic carbocycles. The third-order valence-corrected chi connectivity index (χ3v) is 3.18. The molecule has 2 aromatic heterocycles. The van der Waals surface area contributed by atoms with Gasteiger partial charge in [-0.15, -0.1) is 22.9 Å². The Labute approximate surface area is 98.0 Å². The van der Waals surface area contributed by atoms with Gasteiger partial charge in [0.15, 0.2) is 0 Å². The highest BCUT2D eigenvalue weighted by atomic mass is 35.5. The number of nitrogens with zero attached hydrogens (tertiary/aromatic N) is 2. The fraction of sp³-hybridized carbons (Fsp3) is 0.273. The number of halogens is 1. The number of hydrogen-bond acceptors (Lipinski definition) is 3. The highest BCUT2D eigenvalue weighted by Crippen LogP contribution is 2.21. The zero-order valence-electron chi connectivity index (χ0n) is 8.19. The van der Waals surface area contributed by atoms with E-state index in [9.17, 15) is 0 Å². The number of pyridine rings is 1. The summed E-state index contributed by atoms with van der Waals surface area (Å²) in [5.74, 6) is 0.691. The summed E-state index contributed by atoms with van der Waals surface area (Å²) in [6, 6.07) is 5.86. The van der Waals surface area contributed by atoms with Crippen LogP contribution in [0.25, 0.3) is 10.7 Å². The maximum Gasteiger partial charge on any atom is 0.142 e. The van der Waals surface area contributed by atoms with Crippen LogP contribution in [0.4, 0.5) is 0 Å². The molecule has 0 aliphatic heterocycles. The Hall–Kier alpha value is -0.930. The van der Waals surface area contributed by atoms with Crippen molar-refractivity contribution in [1.82, 2.24) is 9.97 Å². The summed E-state index contributed by atoms with van der Waals surface area (Å²) >= 11 is 7.27. The number of hydrogen-bond donors (Lipinski definition) is 0. The lowest BCUT2D eigenvalue weighted by Gasteiger charge is -1.93. The topological polar surface area (TPSA) is 25.8 Å². The second-order valence-electron chi connectivity index (χ2n) is 3.15. The highest BCUT2D eigenvalue weighted by molar-refractivity contribution is 7.13. The zero-order chi connectivity index (χ0) is 10.5. The molecule has 2 heterocycles. The van der Waals surface area contributed by atoms with E-state index in [2.05, 4.69) is 15.3 Å². The van der Waals surface area contributed by atoms with Gasteiger partial charge in [0, 0.05) is 17.5 Å². The summed E-state index contributed by atoms with van der Waals surface area (Å²) in [6.45, 7) is 0. The van der Waals surface area contributed by atoms with E-state index in [0.717, 1.165) is 29.2 Å². The Morgan fingerprint density at radius 3 is 3.00 bits per heavy atom. The third kappa shape index (κ3) is 2.76. The normalized spacial score (nSPS) is 10.5. The number of thiazole rings is 1. The van der Waals surface area contributed by atoms with Crippen molar-refractivity contribution >= 4 is 22.9 Å². The van der Waals surface area contributed by atoms with Crippen molar-refractivity contribution in [2.75, 3.05) is 5.88 Å². The van der Waals surface area contributed by atoms with Crippen molar-refractivity contribution in [3.63, 3.8) is 0 Å². The van der Waals surface area contributed by atoms with Gasteiger partial charge in [-0.25, -0.2) is 4.98 Å². The monoisotopic (exact) mass is 238 g/mol. The number of rotatable bonds is 4. The summed E-state index contributed by atoms with van der Waals surface area (Å²) in [4.78, 5) is 8.78. The molecule has 0 aromatic carbocycles. The van der Waals surface area contributed by atoms with Crippen LogP contribution in [-0.4, -0.2) is 15.8 Å². The van der Waals surface area contributed by atoms with Crippen molar-refractivity contribution in [2.45, 2.75) is 12.8 Å². The predicted molar refractivity (Wildman–Crippen MR) is 64.4 cm³/mol. The molecule has 2 nitrogen and oxygen atoms in total. The Balaban J connectivity index is 2.14. The minimum Gasteiger partial charge on any atom is -0.254 e. The fourth-order valence-corrected chi connectivity index (χ4v) is 2.24. The predicted octanol–water partition coefficient (Wildman–Crippen LogP) is 3.38. The van der Waals surface area contributed by atoms with Gasteiger partial charge in [0.2, 0.25) is 0 Å². The largest absolute Gasteiger partial charge is 0.254 e. The quantitative estimate of drug-likeness (QED) is 0.764. The molecule has 0 unspecified atom stereocenters. The van der Waals surface area contributed by atoms with E-state index in [0.29, 0.717) is 5.88 Å². The maximum absolute atomic E-state index is 5.64. The van der Waals surface area contributed by atoms with Gasteiger partial charge < -0.3 is 0 Å². The molecule has 15 heavy (non-hydrogen) atoms. The molecule has 78 valence electrons. The maximum atomic E-state index is 5.64. The van der Waals surface area contributed by atoms with Crippen LogP contribution < -0.4 is 0 Å². The summed E-state index contributed by atoms with van der Waals surface area (Å²) < 4.78 is 0. The van der Waals surface area contributed by atoms with E-state index in [-0.39, 0.29) is 0 Å². The van der Waals surface area contributed by atoms with Gasteiger partial charge >= 0.3 is 0 Å². The Morgan fingerprint density at radius 1 is 1.33 bits per heavy atom. The fourth-order valence-electron chi connectivity index (χ4n) is 1.28. The molecule has 0 N–H and O–H groups in total. The first-order valence-electron chi connectivity index (χ1n) is 4.82. The van der Waals surface area contributed by atoms with Gasteiger partial charge in [0.25, 0.3) is 0 Å². The van der Waals surface area contributed by atoms with E-state index in [1.807, 2.05) is 18.2 Å². The summed E-state index contributed by atoms with van der Waals surface area (Å²) in [7, 11) is 0. The van der Waals surface area contributed by atoms with Crippen LogP contribution >= 0.6 is 22.9 Å². The van der Waals surface area contributed by atoms with Gasteiger partial charge in [0.05, 0.1) is 11.4 Å². The van der Waals surface area contributed by atoms with Crippen LogP contribution in [0.2, 0.25) is 0 Å². The summed E-state index contributed by atoms with van der Waals surface area (Å²) in [6.07, 6.45) is 3.72. The molecule has 0 bridgehead atoms. The van der Waals surface area contributed by atoms with Crippen molar-refractivity contribution in [2.24, 2.45) is 0 Å². The van der Waals surface area contributed by atoms with Crippen molar-refractivity contribution in [3.05, 3.63) is 35.5 Å². The van der Waals surface area contributed by atoms with Crippen LogP contribution in [0.15, 0.2) is 29.8 Å². The van der Waals surface area contributed by atoms with Gasteiger partial charge in [-0.05, 0) is 25.0 Å². The standard InChI is InChI=1S/C11H11ClN2S/c12-6-3-4-9-8-15-11(14-9)10-5-1-2-7-13-10/h1-2,5,7-8H,3-4,6H2. The number of aromatic nitrogens is 2. The van der Waals surface area contributed by atoms with Crippen molar-refractivity contribution in [3.8, 4) is 10.7 Å². The molecule has 0 spiro atoms. The van der Waals surface area contributed by atoms with E-state index < -0.39 is 0 Å². The van der Waals surface area contributed by atoms with Crippen molar-refractivity contribution < 1.29 is 0 Å². The molecule has 0 saturated carbocycles. The van der Waals surface area contributed by atoms with Crippen LogP contribution in [-0.2, 0) is 6.42 Å². The Bertz CT molecular complexity index is 414. The summed E-state index contributed by atoms with van der Waals surface area (Å²) in [5.41, 5.74) is 2.06. The average molecular weight is 239 g/mol. The van der Waals surface area contributed by atoms with E-state index in [4.69, 9.17) is 11.6 Å². The molecular formula is C11H11ClN2S. The molecule has 0 atom stereocenters. The van der Waals surface area contributed by atoms with Crippen LogP contribution in [0.1, 0.15) is 12.1 Å². The highest BCUT2D eigenvalue weighted by Gasteiger charge is 2.04. The average Bonchev–Trinajstić information content (AvgIpc) is 2.76. The van der Waals surface area contributed by atoms with Gasteiger partial charge in [-0.2, -0.15) is 0 Å². The molecule has 0 radical (unpaired) electrons. The van der Waals surface area contributed by atoms with Crippen LogP contribution in [0.5, 0.6) is 0 Å². The van der Waals surface area contributed by atoms with Gasteiger partial charge in [-0.3, -0.25) is 4.98 Å². The zero-order valence-corrected chi connectivity index (χ0v) is 9.76. The number of aryl methyl sites for hydroxylation is 1. The van der Waals surface area contributed by atoms with Gasteiger partial charge in [-0.1, -0.05) is 6.07 Å². The van der Waals surface area contributed by atoms with Crippen LogP contribution in [0.3, 0.4) is 0 Å². The van der Waals surface area contributed by atoms with Gasteiger partial charge in [0.1, 0.15) is 5.01 Å². The lowest BCUT2D eigenvalue weighted by atomic mass is 10.3. The van der Waals surface area contributed by atoms with E-state index in [1.165, 1.54) is 0 Å². The van der Waals surface area contributed by atoms with Crippen molar-refractivity contribution in [1.29, 1.82) is 0 Å². The van der Waals surface area contributed by atoms with E-state index >= 15 is 0 Å². The first-order chi connectivity index (χ1) is 7.40. The molecule has 4 heteroatoms. The molecular weight excluding hydrogens is 228 g/mol. The Kier molecular flexibility index (Phi) is 3.69. The second-order valence-corrected chi connectivity index (χ2v) is 4.39. The van der Waals surface area contributed by atoms with E-state index in [1.54, 1.807) is 17.5 Å². The minimum absolute atomic E-state index is 0.691. The lowest BCUT2D eigenvalue weighted by molar-refractivity contribution is 0.899. The molecule has 0 saturated heterocycles. The minimum atomic E-state index is 0.691. The molecule has 2 rings (SSSR count). The number of alkyl halides is 1. The second kappa shape index (κ2) is 5.24.